The van der Waals surface area contributed by atoms with Crippen LogP contribution in [-0.2, 0) is 24.1 Å². The van der Waals surface area contributed by atoms with E-state index in [-0.39, 0.29) is 11.9 Å². The highest BCUT2D eigenvalue weighted by Gasteiger charge is 2.25. The van der Waals surface area contributed by atoms with Crippen LogP contribution >= 0.6 is 0 Å². The van der Waals surface area contributed by atoms with Gasteiger partial charge in [0, 0.05) is 19.1 Å². The summed E-state index contributed by atoms with van der Waals surface area (Å²) in [4.78, 5) is 14.5. The number of hydrogen-bond donors (Lipinski definition) is 1. The Labute approximate surface area is 127 Å². The largest absolute Gasteiger partial charge is 0.342 e. The molecule has 1 aliphatic carbocycles. The van der Waals surface area contributed by atoms with Crippen molar-refractivity contribution in [3.05, 3.63) is 34.9 Å². The number of nitrogens with zero attached hydrogens (tertiary/aromatic N) is 1. The Kier molecular flexibility index (Phi) is 4.29. The number of nitrogens with two attached hydrogens (primary N) is 1. The van der Waals surface area contributed by atoms with Gasteiger partial charge in [-0.05, 0) is 61.6 Å². The normalized spacial score (nSPS) is 23.0. The van der Waals surface area contributed by atoms with E-state index in [1.807, 2.05) is 4.90 Å². The van der Waals surface area contributed by atoms with Crippen LogP contribution in [0.2, 0.25) is 0 Å². The van der Waals surface area contributed by atoms with Gasteiger partial charge in [-0.15, -0.1) is 0 Å². The van der Waals surface area contributed by atoms with Crippen LogP contribution in [0.1, 0.15) is 42.9 Å². The number of likely N-dealkylation sites (tertiary alicyclic amines) is 1. The average molecular weight is 286 g/mol. The fourth-order valence-corrected chi connectivity index (χ4v) is 3.69. The van der Waals surface area contributed by atoms with Gasteiger partial charge in [-0.25, -0.2) is 0 Å². The topological polar surface area (TPSA) is 46.3 Å². The van der Waals surface area contributed by atoms with Gasteiger partial charge in [-0.1, -0.05) is 18.2 Å². The predicted molar refractivity (Wildman–Crippen MR) is 85.1 cm³/mol. The molecule has 1 saturated heterocycles. The standard InChI is InChI=1S/C18H26N2O/c1-13(19)17-6-3-9-20(12-17)18(21)11-14-7-8-15-4-2-5-16(15)10-14/h7-8,10,13,17H,2-6,9,11-12,19H2,1H3. The van der Waals surface area contributed by atoms with Crippen molar-refractivity contribution in [1.82, 2.24) is 4.90 Å². The minimum Gasteiger partial charge on any atom is -0.342 e. The Morgan fingerprint density at radius 3 is 2.95 bits per heavy atom. The fourth-order valence-electron chi connectivity index (χ4n) is 3.69. The smallest absolute Gasteiger partial charge is 0.226 e. The third-order valence-electron chi connectivity index (χ3n) is 5.07. The molecule has 3 nitrogen and oxygen atoms in total. The fraction of sp³-hybridized carbons (Fsp3) is 0.611. The molecule has 2 unspecified atom stereocenters. The minimum absolute atomic E-state index is 0.181. The first-order chi connectivity index (χ1) is 10.1. The third-order valence-corrected chi connectivity index (χ3v) is 5.07. The van der Waals surface area contributed by atoms with Gasteiger partial charge in [0.05, 0.1) is 6.42 Å². The number of benzene rings is 1. The number of rotatable bonds is 3. The Bertz CT molecular complexity index is 524. The van der Waals surface area contributed by atoms with Gasteiger partial charge in [0.1, 0.15) is 0 Å². The number of hydrogen-bond acceptors (Lipinski definition) is 2. The summed E-state index contributed by atoms with van der Waals surface area (Å²) in [5, 5.41) is 0. The maximum Gasteiger partial charge on any atom is 0.226 e. The van der Waals surface area contributed by atoms with Crippen molar-refractivity contribution < 1.29 is 4.79 Å². The SMILES string of the molecule is CC(N)C1CCCN(C(=O)Cc2ccc3c(c2)CCC3)C1. The van der Waals surface area contributed by atoms with E-state index in [0.717, 1.165) is 25.9 Å². The number of fused-ring (bicyclic) bond motifs is 1. The maximum absolute atomic E-state index is 12.5. The Morgan fingerprint density at radius 1 is 1.33 bits per heavy atom. The molecule has 1 aromatic carbocycles. The van der Waals surface area contributed by atoms with Gasteiger partial charge >= 0.3 is 0 Å². The van der Waals surface area contributed by atoms with Crippen molar-refractivity contribution in [1.29, 1.82) is 0 Å². The van der Waals surface area contributed by atoms with Crippen molar-refractivity contribution in [2.75, 3.05) is 13.1 Å². The summed E-state index contributed by atoms with van der Waals surface area (Å²) >= 11 is 0. The van der Waals surface area contributed by atoms with E-state index in [1.54, 1.807) is 0 Å². The van der Waals surface area contributed by atoms with E-state index in [4.69, 9.17) is 5.73 Å². The lowest BCUT2D eigenvalue weighted by Gasteiger charge is -2.34. The second kappa shape index (κ2) is 6.18. The highest BCUT2D eigenvalue weighted by atomic mass is 16.2. The van der Waals surface area contributed by atoms with E-state index in [9.17, 15) is 4.79 Å². The van der Waals surface area contributed by atoms with Gasteiger partial charge in [0.15, 0.2) is 0 Å². The molecule has 0 bridgehead atoms. The van der Waals surface area contributed by atoms with Gasteiger partial charge in [0.25, 0.3) is 0 Å². The molecular weight excluding hydrogens is 260 g/mol. The van der Waals surface area contributed by atoms with Crippen LogP contribution in [0, 0.1) is 5.92 Å². The molecule has 114 valence electrons. The Balaban J connectivity index is 1.63. The van der Waals surface area contributed by atoms with Crippen molar-refractivity contribution in [2.45, 2.75) is 51.5 Å². The highest BCUT2D eigenvalue weighted by Crippen LogP contribution is 2.24. The lowest BCUT2D eigenvalue weighted by molar-refractivity contribution is -0.132. The summed E-state index contributed by atoms with van der Waals surface area (Å²) in [6.07, 6.45) is 6.41. The van der Waals surface area contributed by atoms with Crippen LogP contribution in [0.3, 0.4) is 0 Å². The van der Waals surface area contributed by atoms with Gasteiger partial charge in [-0.2, -0.15) is 0 Å². The number of carbonyl (C=O) groups excluding carboxylic acids is 1. The monoisotopic (exact) mass is 286 g/mol. The van der Waals surface area contributed by atoms with E-state index >= 15 is 0 Å². The molecule has 0 saturated carbocycles. The summed E-state index contributed by atoms with van der Waals surface area (Å²) in [6, 6.07) is 6.77. The van der Waals surface area contributed by atoms with Crippen molar-refractivity contribution in [3.63, 3.8) is 0 Å². The molecule has 2 aliphatic rings. The van der Waals surface area contributed by atoms with E-state index < -0.39 is 0 Å². The van der Waals surface area contributed by atoms with Crippen LogP contribution in [0.25, 0.3) is 0 Å². The maximum atomic E-state index is 12.5. The number of aryl methyl sites for hydroxylation is 2. The minimum atomic E-state index is 0.181. The third kappa shape index (κ3) is 3.29. The summed E-state index contributed by atoms with van der Waals surface area (Å²) < 4.78 is 0. The highest BCUT2D eigenvalue weighted by molar-refractivity contribution is 5.79. The summed E-state index contributed by atoms with van der Waals surface area (Å²) in [5.74, 6) is 0.723. The molecule has 21 heavy (non-hydrogen) atoms. The lowest BCUT2D eigenvalue weighted by Crippen LogP contribution is -2.45. The molecule has 0 aromatic heterocycles. The van der Waals surface area contributed by atoms with Crippen LogP contribution < -0.4 is 5.73 Å². The Hall–Kier alpha value is -1.35. The van der Waals surface area contributed by atoms with Crippen LogP contribution in [-0.4, -0.2) is 29.9 Å². The van der Waals surface area contributed by atoms with E-state index in [0.29, 0.717) is 12.3 Å². The number of piperidine rings is 1. The molecule has 3 rings (SSSR count). The Morgan fingerprint density at radius 2 is 2.14 bits per heavy atom. The van der Waals surface area contributed by atoms with E-state index in [1.165, 1.54) is 36.0 Å². The molecule has 2 N–H and O–H groups in total. The average Bonchev–Trinajstić information content (AvgIpc) is 2.95. The lowest BCUT2D eigenvalue weighted by atomic mass is 9.92. The number of amides is 1. The molecule has 1 aromatic rings. The molecule has 1 heterocycles. The first kappa shape index (κ1) is 14.6. The van der Waals surface area contributed by atoms with Crippen molar-refractivity contribution in [3.8, 4) is 0 Å². The zero-order valence-corrected chi connectivity index (χ0v) is 13.0. The second-order valence-electron chi connectivity index (χ2n) is 6.73. The molecular formula is C18H26N2O. The quantitative estimate of drug-likeness (QED) is 0.927. The molecule has 0 radical (unpaired) electrons. The van der Waals surface area contributed by atoms with Crippen LogP contribution in [0.5, 0.6) is 0 Å². The molecule has 3 heteroatoms. The molecule has 2 atom stereocenters. The van der Waals surface area contributed by atoms with Crippen LogP contribution in [0.15, 0.2) is 18.2 Å². The second-order valence-corrected chi connectivity index (χ2v) is 6.73. The molecule has 0 spiro atoms. The van der Waals surface area contributed by atoms with Crippen molar-refractivity contribution >= 4 is 5.91 Å². The van der Waals surface area contributed by atoms with Crippen molar-refractivity contribution in [2.24, 2.45) is 11.7 Å². The number of carbonyl (C=O) groups is 1. The first-order valence-corrected chi connectivity index (χ1v) is 8.27. The summed E-state index contributed by atoms with van der Waals surface area (Å²) in [7, 11) is 0. The summed E-state index contributed by atoms with van der Waals surface area (Å²) in [5.41, 5.74) is 10.1. The zero-order chi connectivity index (χ0) is 14.8. The summed E-state index contributed by atoms with van der Waals surface area (Å²) in [6.45, 7) is 3.79. The molecule has 1 amide bonds. The first-order valence-electron chi connectivity index (χ1n) is 8.27. The van der Waals surface area contributed by atoms with Gasteiger partial charge < -0.3 is 10.6 Å². The van der Waals surface area contributed by atoms with Gasteiger partial charge in [0.2, 0.25) is 5.91 Å². The molecule has 1 aliphatic heterocycles. The zero-order valence-electron chi connectivity index (χ0n) is 13.0. The van der Waals surface area contributed by atoms with Crippen LogP contribution in [0.4, 0.5) is 0 Å². The predicted octanol–water partition coefficient (Wildman–Crippen LogP) is 2.30. The molecule has 1 fully saturated rings. The van der Waals surface area contributed by atoms with Gasteiger partial charge in [-0.3, -0.25) is 4.79 Å². The van der Waals surface area contributed by atoms with E-state index in [2.05, 4.69) is 25.1 Å².